The van der Waals surface area contributed by atoms with Crippen LogP contribution in [0, 0.1) is 19.8 Å². The molecule has 1 heterocycles. The van der Waals surface area contributed by atoms with E-state index < -0.39 is 0 Å². The van der Waals surface area contributed by atoms with Gasteiger partial charge in [-0.3, -0.25) is 0 Å². The molecule has 94 valence electrons. The molecule has 0 amide bonds. The summed E-state index contributed by atoms with van der Waals surface area (Å²) in [5.41, 5.74) is 3.09. The van der Waals surface area contributed by atoms with Crippen molar-refractivity contribution in [3.63, 3.8) is 0 Å². The molecule has 1 fully saturated rings. The van der Waals surface area contributed by atoms with E-state index >= 15 is 0 Å². The molecule has 1 aromatic heterocycles. The first-order chi connectivity index (χ1) is 8.22. The van der Waals surface area contributed by atoms with Gasteiger partial charge < -0.3 is 9.63 Å². The van der Waals surface area contributed by atoms with Crippen LogP contribution in [-0.2, 0) is 0 Å². The van der Waals surface area contributed by atoms with Crippen molar-refractivity contribution in [3.05, 3.63) is 22.6 Å². The molecule has 0 aliphatic heterocycles. The van der Waals surface area contributed by atoms with Crippen molar-refractivity contribution in [1.29, 1.82) is 0 Å². The Bertz CT molecular complexity index is 381. The Balaban J connectivity index is 2.22. The number of hydrogen-bond donors (Lipinski definition) is 1. The van der Waals surface area contributed by atoms with E-state index in [2.05, 4.69) is 11.2 Å². The lowest BCUT2D eigenvalue weighted by molar-refractivity contribution is 0.295. The van der Waals surface area contributed by atoms with Crippen LogP contribution in [0.5, 0.6) is 0 Å². The Kier molecular flexibility index (Phi) is 4.00. The summed E-state index contributed by atoms with van der Waals surface area (Å²) < 4.78 is 5.15. The quantitative estimate of drug-likeness (QED) is 0.874. The molecule has 3 heteroatoms. The molecule has 1 aliphatic rings. The molecule has 0 unspecified atom stereocenters. The van der Waals surface area contributed by atoms with E-state index in [1.54, 1.807) is 0 Å². The molecule has 2 rings (SSSR count). The fourth-order valence-electron chi connectivity index (χ4n) is 2.65. The van der Waals surface area contributed by atoms with Crippen LogP contribution in [0.2, 0.25) is 0 Å². The lowest BCUT2D eigenvalue weighted by atomic mass is 9.83. The van der Waals surface area contributed by atoms with Gasteiger partial charge in [0.2, 0.25) is 0 Å². The standard InChI is InChI=1S/C14H21NO2/c1-10-14(11(2)17-15-10)8-13(9-16)12-6-4-3-5-7-12/h8,12,16H,3-7,9H2,1-2H3. The highest BCUT2D eigenvalue weighted by Crippen LogP contribution is 2.31. The molecule has 0 aromatic carbocycles. The highest BCUT2D eigenvalue weighted by molar-refractivity contribution is 5.57. The Morgan fingerprint density at radius 3 is 2.59 bits per heavy atom. The summed E-state index contributed by atoms with van der Waals surface area (Å²) in [6.07, 6.45) is 8.39. The number of rotatable bonds is 3. The smallest absolute Gasteiger partial charge is 0.141 e. The molecule has 3 nitrogen and oxygen atoms in total. The first kappa shape index (κ1) is 12.4. The van der Waals surface area contributed by atoms with E-state index in [0.717, 1.165) is 22.6 Å². The average molecular weight is 235 g/mol. The Morgan fingerprint density at radius 2 is 2.06 bits per heavy atom. The van der Waals surface area contributed by atoms with Crippen LogP contribution < -0.4 is 0 Å². The highest BCUT2D eigenvalue weighted by atomic mass is 16.5. The predicted molar refractivity (Wildman–Crippen MR) is 67.6 cm³/mol. The van der Waals surface area contributed by atoms with Crippen molar-refractivity contribution in [1.82, 2.24) is 5.16 Å². The second-order valence-corrected chi connectivity index (χ2v) is 4.95. The fourth-order valence-corrected chi connectivity index (χ4v) is 2.65. The van der Waals surface area contributed by atoms with Crippen molar-refractivity contribution in [2.45, 2.75) is 46.0 Å². The van der Waals surface area contributed by atoms with E-state index in [1.807, 2.05) is 13.8 Å². The fraction of sp³-hybridized carbons (Fsp3) is 0.643. The van der Waals surface area contributed by atoms with E-state index in [-0.39, 0.29) is 6.61 Å². The van der Waals surface area contributed by atoms with E-state index in [9.17, 15) is 5.11 Å². The lowest BCUT2D eigenvalue weighted by Gasteiger charge is -2.23. The monoisotopic (exact) mass is 235 g/mol. The van der Waals surface area contributed by atoms with Gasteiger partial charge in [-0.25, -0.2) is 0 Å². The van der Waals surface area contributed by atoms with Crippen molar-refractivity contribution < 1.29 is 9.63 Å². The van der Waals surface area contributed by atoms with Gasteiger partial charge in [-0.2, -0.15) is 0 Å². The van der Waals surface area contributed by atoms with Crippen LogP contribution in [0.3, 0.4) is 0 Å². The minimum atomic E-state index is 0.148. The Labute approximate surface area is 103 Å². The SMILES string of the molecule is Cc1noc(C)c1C=C(CO)C1CCCCC1. The van der Waals surface area contributed by atoms with Gasteiger partial charge in [-0.05, 0) is 44.3 Å². The van der Waals surface area contributed by atoms with Crippen molar-refractivity contribution in [3.8, 4) is 0 Å². The second-order valence-electron chi connectivity index (χ2n) is 4.95. The molecule has 0 bridgehead atoms. The molecule has 1 saturated carbocycles. The maximum Gasteiger partial charge on any atom is 0.141 e. The summed E-state index contributed by atoms with van der Waals surface area (Å²) in [7, 11) is 0. The molecular weight excluding hydrogens is 214 g/mol. The first-order valence-electron chi connectivity index (χ1n) is 6.46. The summed E-state index contributed by atoms with van der Waals surface area (Å²) in [6.45, 7) is 4.01. The van der Waals surface area contributed by atoms with E-state index in [4.69, 9.17) is 4.52 Å². The normalized spacial score (nSPS) is 18.6. The van der Waals surface area contributed by atoms with Gasteiger partial charge in [0.25, 0.3) is 0 Å². The first-order valence-corrected chi connectivity index (χ1v) is 6.46. The molecule has 1 aliphatic carbocycles. The van der Waals surface area contributed by atoms with Crippen LogP contribution in [-0.4, -0.2) is 16.9 Å². The number of hydrogen-bond acceptors (Lipinski definition) is 3. The average Bonchev–Trinajstić information content (AvgIpc) is 2.68. The molecule has 0 atom stereocenters. The topological polar surface area (TPSA) is 46.3 Å². The van der Waals surface area contributed by atoms with Crippen molar-refractivity contribution in [2.24, 2.45) is 5.92 Å². The van der Waals surface area contributed by atoms with E-state index in [1.165, 1.54) is 32.1 Å². The molecule has 0 radical (unpaired) electrons. The third kappa shape index (κ3) is 2.78. The maximum absolute atomic E-state index is 9.54. The number of aliphatic hydroxyl groups is 1. The van der Waals surface area contributed by atoms with Crippen LogP contribution in [0.1, 0.15) is 49.1 Å². The maximum atomic E-state index is 9.54. The van der Waals surface area contributed by atoms with Gasteiger partial charge in [0, 0.05) is 5.56 Å². The molecule has 17 heavy (non-hydrogen) atoms. The number of aryl methyl sites for hydroxylation is 2. The number of aliphatic hydroxyl groups excluding tert-OH is 1. The molecule has 0 saturated heterocycles. The largest absolute Gasteiger partial charge is 0.392 e. The van der Waals surface area contributed by atoms with Gasteiger partial charge in [-0.15, -0.1) is 0 Å². The summed E-state index contributed by atoms with van der Waals surface area (Å²) in [5, 5.41) is 13.5. The minimum Gasteiger partial charge on any atom is -0.392 e. The van der Waals surface area contributed by atoms with Gasteiger partial charge in [0.15, 0.2) is 0 Å². The number of aromatic nitrogens is 1. The van der Waals surface area contributed by atoms with Gasteiger partial charge >= 0.3 is 0 Å². The predicted octanol–water partition coefficient (Wildman–Crippen LogP) is 3.25. The van der Waals surface area contributed by atoms with Crippen LogP contribution >= 0.6 is 0 Å². The third-order valence-electron chi connectivity index (χ3n) is 3.73. The lowest BCUT2D eigenvalue weighted by Crippen LogP contribution is -2.11. The summed E-state index contributed by atoms with van der Waals surface area (Å²) in [5.74, 6) is 1.38. The van der Waals surface area contributed by atoms with Gasteiger partial charge in [0.05, 0.1) is 12.3 Å². The summed E-state index contributed by atoms with van der Waals surface area (Å²) in [4.78, 5) is 0. The Hall–Kier alpha value is -1.09. The van der Waals surface area contributed by atoms with Gasteiger partial charge in [-0.1, -0.05) is 24.4 Å². The van der Waals surface area contributed by atoms with Crippen LogP contribution in [0.25, 0.3) is 6.08 Å². The zero-order valence-electron chi connectivity index (χ0n) is 10.7. The molecule has 0 spiro atoms. The van der Waals surface area contributed by atoms with Crippen LogP contribution in [0.4, 0.5) is 0 Å². The molecule has 1 N–H and O–H groups in total. The number of nitrogens with zero attached hydrogens (tertiary/aromatic N) is 1. The summed E-state index contributed by atoms with van der Waals surface area (Å²) in [6, 6.07) is 0. The second kappa shape index (κ2) is 5.50. The molecular formula is C14H21NO2. The van der Waals surface area contributed by atoms with Crippen LogP contribution in [0.15, 0.2) is 10.1 Å². The summed E-state index contributed by atoms with van der Waals surface area (Å²) >= 11 is 0. The third-order valence-corrected chi connectivity index (χ3v) is 3.73. The Morgan fingerprint density at radius 1 is 1.35 bits per heavy atom. The van der Waals surface area contributed by atoms with Crippen molar-refractivity contribution >= 4 is 6.08 Å². The molecule has 1 aromatic rings. The van der Waals surface area contributed by atoms with E-state index in [0.29, 0.717) is 5.92 Å². The van der Waals surface area contributed by atoms with Gasteiger partial charge in [0.1, 0.15) is 5.76 Å². The minimum absolute atomic E-state index is 0.148. The zero-order valence-corrected chi connectivity index (χ0v) is 10.7. The highest BCUT2D eigenvalue weighted by Gasteiger charge is 2.18. The van der Waals surface area contributed by atoms with Crippen molar-refractivity contribution in [2.75, 3.05) is 6.61 Å². The zero-order chi connectivity index (χ0) is 12.3.